The van der Waals surface area contributed by atoms with E-state index in [2.05, 4.69) is 0 Å². The average molecular weight is 583 g/mol. The molecule has 0 bridgehead atoms. The van der Waals surface area contributed by atoms with Crippen molar-refractivity contribution in [2.75, 3.05) is 6.61 Å². The van der Waals surface area contributed by atoms with Crippen molar-refractivity contribution in [3.8, 4) is 5.75 Å². The minimum atomic E-state index is -2.66. The molecule has 0 aromatic heterocycles. The van der Waals surface area contributed by atoms with Crippen molar-refractivity contribution in [2.24, 2.45) is 22.7 Å². The summed E-state index contributed by atoms with van der Waals surface area (Å²) in [5.74, 6) is -6.01. The number of carbonyl (C=O) groups excluding carboxylic acids is 4. The number of phenolic OH excluding ortho intramolecular Hbond substituents is 1. The number of hydrogen-bond acceptors (Lipinski definition) is 9. The zero-order chi connectivity index (χ0) is 31.7. The summed E-state index contributed by atoms with van der Waals surface area (Å²) in [6.45, 7) is 13.9. The molecule has 0 saturated heterocycles. The number of hydrogen-bond donors (Lipinski definition) is 4. The molecule has 0 amide bonds. The molecule has 1 saturated carbocycles. The van der Waals surface area contributed by atoms with Crippen LogP contribution in [0.5, 0.6) is 5.75 Å². The van der Waals surface area contributed by atoms with Crippen molar-refractivity contribution in [1.82, 2.24) is 0 Å². The van der Waals surface area contributed by atoms with Crippen LogP contribution in [0.3, 0.4) is 0 Å². The first-order valence-corrected chi connectivity index (χ1v) is 14.6. The highest BCUT2D eigenvalue weighted by molar-refractivity contribution is 6.24. The topological polar surface area (TPSA) is 158 Å². The lowest BCUT2D eigenvalue weighted by molar-refractivity contribution is -0.178. The van der Waals surface area contributed by atoms with E-state index in [9.17, 15) is 39.6 Å². The second-order valence-corrected chi connectivity index (χ2v) is 13.2. The van der Waals surface area contributed by atoms with Crippen LogP contribution in [0.15, 0.2) is 23.0 Å². The number of phenols is 1. The molecule has 42 heavy (non-hydrogen) atoms. The number of carbonyl (C=O) groups is 4. The first kappa shape index (κ1) is 31.5. The molecule has 4 atom stereocenters. The van der Waals surface area contributed by atoms with Gasteiger partial charge in [-0.25, -0.2) is 0 Å². The summed E-state index contributed by atoms with van der Waals surface area (Å²) in [7, 11) is 0. The third-order valence-corrected chi connectivity index (χ3v) is 9.64. The van der Waals surface area contributed by atoms with Crippen LogP contribution in [0.2, 0.25) is 0 Å². The molecule has 1 aromatic rings. The van der Waals surface area contributed by atoms with Gasteiger partial charge in [-0.3, -0.25) is 19.2 Å². The van der Waals surface area contributed by atoms with E-state index < -0.39 is 62.8 Å². The van der Waals surface area contributed by atoms with Crippen LogP contribution in [0.1, 0.15) is 96.4 Å². The van der Waals surface area contributed by atoms with Gasteiger partial charge in [0.1, 0.15) is 22.8 Å². The summed E-state index contributed by atoms with van der Waals surface area (Å²) >= 11 is 0. The number of aliphatic hydroxyl groups is 3. The van der Waals surface area contributed by atoms with Crippen molar-refractivity contribution in [2.45, 2.75) is 92.6 Å². The third-order valence-electron chi connectivity index (χ3n) is 9.64. The molecule has 1 fully saturated rings. The Morgan fingerprint density at radius 2 is 1.71 bits per heavy atom. The number of ether oxygens (including phenoxy) is 1. The predicted octanol–water partition coefficient (Wildman–Crippen LogP) is 4.81. The number of ketones is 3. The smallest absolute Gasteiger partial charge is 0.306 e. The van der Waals surface area contributed by atoms with Gasteiger partial charge in [0.2, 0.25) is 5.78 Å². The van der Waals surface area contributed by atoms with E-state index in [1.807, 2.05) is 19.9 Å². The molecular formula is C33H42O9. The number of fused-ring (bicyclic) bond motifs is 3. The van der Waals surface area contributed by atoms with E-state index in [0.29, 0.717) is 11.1 Å². The maximum absolute atomic E-state index is 14.5. The van der Waals surface area contributed by atoms with Gasteiger partial charge in [0.15, 0.2) is 17.2 Å². The molecular weight excluding hydrogens is 540 g/mol. The molecule has 4 rings (SSSR count). The number of rotatable bonds is 7. The number of esters is 1. The lowest BCUT2D eigenvalue weighted by Gasteiger charge is -2.60. The van der Waals surface area contributed by atoms with Gasteiger partial charge in [0.05, 0.1) is 12.2 Å². The minimum absolute atomic E-state index is 0.000909. The molecule has 0 aliphatic heterocycles. The Morgan fingerprint density at radius 1 is 1.10 bits per heavy atom. The van der Waals surface area contributed by atoms with Gasteiger partial charge >= 0.3 is 5.97 Å². The number of aromatic hydroxyl groups is 1. The number of allylic oxidation sites excluding steroid dienone is 1. The lowest BCUT2D eigenvalue weighted by atomic mass is 9.43. The number of aliphatic hydroxyl groups excluding tert-OH is 2. The van der Waals surface area contributed by atoms with Gasteiger partial charge in [0, 0.05) is 28.7 Å². The fourth-order valence-corrected chi connectivity index (χ4v) is 8.05. The molecule has 228 valence electrons. The molecule has 3 aliphatic rings. The average Bonchev–Trinajstić information content (AvgIpc) is 2.85. The maximum Gasteiger partial charge on any atom is 0.306 e. The number of Topliss-reactive ketones (excluding diaryl/α,β-unsaturated/α-hetero) is 3. The number of aryl methyl sites for hydroxylation is 1. The van der Waals surface area contributed by atoms with Crippen LogP contribution in [0.25, 0.3) is 5.76 Å². The van der Waals surface area contributed by atoms with Crippen LogP contribution >= 0.6 is 0 Å². The van der Waals surface area contributed by atoms with Crippen molar-refractivity contribution in [3.05, 3.63) is 45.2 Å². The fraction of sp³-hybridized carbons (Fsp3) is 0.576. The van der Waals surface area contributed by atoms with E-state index in [4.69, 9.17) is 4.74 Å². The molecule has 3 aliphatic carbocycles. The highest BCUT2D eigenvalue weighted by Gasteiger charge is 2.72. The zero-order valence-electron chi connectivity index (χ0n) is 25.7. The Kier molecular flexibility index (Phi) is 7.77. The molecule has 1 aromatic carbocycles. The van der Waals surface area contributed by atoms with E-state index in [-0.39, 0.29) is 61.0 Å². The summed E-state index contributed by atoms with van der Waals surface area (Å²) < 4.78 is 5.02. The molecule has 9 nitrogen and oxygen atoms in total. The Hall–Kier alpha value is -3.46. The predicted molar refractivity (Wildman–Crippen MR) is 155 cm³/mol. The Morgan fingerprint density at radius 3 is 2.24 bits per heavy atom. The summed E-state index contributed by atoms with van der Waals surface area (Å²) in [5.41, 5.74) is -4.10. The minimum Gasteiger partial charge on any atom is -0.508 e. The van der Waals surface area contributed by atoms with Crippen LogP contribution in [0, 0.1) is 22.7 Å². The Bertz CT molecular complexity index is 1460. The second kappa shape index (κ2) is 10.4. The maximum atomic E-state index is 14.5. The first-order valence-electron chi connectivity index (χ1n) is 14.6. The van der Waals surface area contributed by atoms with E-state index in [1.165, 1.54) is 0 Å². The van der Waals surface area contributed by atoms with E-state index in [1.54, 1.807) is 34.6 Å². The third kappa shape index (κ3) is 4.22. The standard InChI is InChI=1S/C33H42O9/c1-9-42-21(35)11-10-18-12-19(15(2)3)20-13-31(7)14-32(8)24(16(4)5)27(37)22(17(6)34)29(39)33(32,41)30(40)25(31)28(38)23(20)26(18)36/h12,15-16,24,36,38-39,41H,9-11,13-14H2,1-8H3/t24?,31-,32-,33+/m1/s1. The highest BCUT2D eigenvalue weighted by Crippen LogP contribution is 2.65. The van der Waals surface area contributed by atoms with Crippen LogP contribution in [-0.4, -0.2) is 56.0 Å². The van der Waals surface area contributed by atoms with Gasteiger partial charge in [-0.15, -0.1) is 0 Å². The molecule has 4 N–H and O–H groups in total. The van der Waals surface area contributed by atoms with E-state index in [0.717, 1.165) is 12.5 Å². The van der Waals surface area contributed by atoms with Gasteiger partial charge in [-0.05, 0) is 61.6 Å². The SMILES string of the molecule is CCOC(=O)CCc1cc(C(C)C)c2c(c1O)C(O)=C1C(=O)[C@@]3(O)C(O)=C(C(C)=O)C(=O)C(C(C)C)[C@@]3(C)C[C@@]1(C)C2. The number of benzene rings is 1. The fourth-order valence-electron chi connectivity index (χ4n) is 8.05. The normalized spacial score (nSPS) is 29.1. The van der Waals surface area contributed by atoms with Crippen LogP contribution in [-0.2, 0) is 36.8 Å². The van der Waals surface area contributed by atoms with E-state index >= 15 is 0 Å². The van der Waals surface area contributed by atoms with Gasteiger partial charge in [-0.2, -0.15) is 0 Å². The monoisotopic (exact) mass is 582 g/mol. The lowest BCUT2D eigenvalue weighted by Crippen LogP contribution is -2.69. The first-order chi connectivity index (χ1) is 19.4. The van der Waals surface area contributed by atoms with Crippen molar-refractivity contribution in [3.63, 3.8) is 0 Å². The van der Waals surface area contributed by atoms with Gasteiger partial charge in [0.25, 0.3) is 0 Å². The van der Waals surface area contributed by atoms with Crippen molar-refractivity contribution < 1.29 is 44.3 Å². The van der Waals surface area contributed by atoms with Gasteiger partial charge in [-0.1, -0.05) is 47.6 Å². The second-order valence-electron chi connectivity index (χ2n) is 13.2. The van der Waals surface area contributed by atoms with Crippen molar-refractivity contribution >= 4 is 29.1 Å². The van der Waals surface area contributed by atoms with Gasteiger partial charge < -0.3 is 25.2 Å². The highest BCUT2D eigenvalue weighted by atomic mass is 16.5. The van der Waals surface area contributed by atoms with Crippen molar-refractivity contribution in [1.29, 1.82) is 0 Å². The molecule has 1 unspecified atom stereocenters. The Balaban J connectivity index is 2.01. The molecule has 0 radical (unpaired) electrons. The quantitative estimate of drug-likeness (QED) is 0.261. The van der Waals surface area contributed by atoms with Crippen LogP contribution < -0.4 is 0 Å². The summed E-state index contributed by atoms with van der Waals surface area (Å²) in [6, 6.07) is 1.82. The summed E-state index contributed by atoms with van der Waals surface area (Å²) in [5, 5.41) is 46.7. The largest absolute Gasteiger partial charge is 0.508 e. The van der Waals surface area contributed by atoms with Crippen LogP contribution in [0.4, 0.5) is 0 Å². The molecule has 9 heteroatoms. The summed E-state index contributed by atoms with van der Waals surface area (Å²) in [4.78, 5) is 52.7. The molecule has 0 heterocycles. The molecule has 0 spiro atoms. The Labute approximate surface area is 246 Å². The zero-order valence-corrected chi connectivity index (χ0v) is 25.7. The summed E-state index contributed by atoms with van der Waals surface area (Å²) in [6.07, 6.45) is 0.382.